The summed E-state index contributed by atoms with van der Waals surface area (Å²) < 4.78 is 36.9. The summed E-state index contributed by atoms with van der Waals surface area (Å²) in [5, 5.41) is 0. The highest BCUT2D eigenvalue weighted by atomic mass is 79.9. The predicted octanol–water partition coefficient (Wildman–Crippen LogP) is 4.09. The monoisotopic (exact) mass is 356 g/mol. The molecule has 0 radical (unpaired) electrons. The first-order chi connectivity index (χ1) is 10.0. The average Bonchev–Trinajstić information content (AvgIpc) is 2.49. The minimum Gasteiger partial charge on any atom is -0.486 e. The van der Waals surface area contributed by atoms with Gasteiger partial charge in [0.05, 0.1) is 12.7 Å². The Morgan fingerprint density at radius 1 is 1.19 bits per heavy atom. The molecule has 2 aromatic carbocycles. The first kappa shape index (κ1) is 15.4. The second-order valence-electron chi connectivity index (χ2n) is 4.18. The van der Waals surface area contributed by atoms with Crippen LogP contribution in [-0.4, -0.2) is 13.1 Å². The fraction of sp³-hybridized carbons (Fsp3) is 0.133. The van der Waals surface area contributed by atoms with E-state index in [-0.39, 0.29) is 12.4 Å². The highest BCUT2D eigenvalue weighted by molar-refractivity contribution is 9.10. The van der Waals surface area contributed by atoms with Gasteiger partial charge in [0.15, 0.2) is 11.6 Å². The van der Waals surface area contributed by atoms with Gasteiger partial charge < -0.3 is 9.47 Å². The zero-order valence-corrected chi connectivity index (χ0v) is 12.6. The maximum absolute atomic E-state index is 13.5. The molecule has 110 valence electrons. The van der Waals surface area contributed by atoms with Gasteiger partial charge in [-0.25, -0.2) is 9.18 Å². The summed E-state index contributed by atoms with van der Waals surface area (Å²) in [7, 11) is 1.30. The Kier molecular flexibility index (Phi) is 4.90. The smallest absolute Gasteiger partial charge is 0.337 e. The first-order valence-corrected chi connectivity index (χ1v) is 6.75. The third kappa shape index (κ3) is 3.78. The zero-order chi connectivity index (χ0) is 15.4. The molecule has 0 aromatic heterocycles. The molecule has 0 heterocycles. The molecule has 21 heavy (non-hydrogen) atoms. The standard InChI is InChI=1S/C15H11BrF2O3/c1-20-15(19)10-4-2-9(3-5-10)8-21-13-7-11(16)6-12(17)14(13)18/h2-7H,8H2,1H3. The molecule has 0 saturated heterocycles. The van der Waals surface area contributed by atoms with Crippen LogP contribution in [0.5, 0.6) is 5.75 Å². The van der Waals surface area contributed by atoms with E-state index in [1.54, 1.807) is 24.3 Å². The molecular formula is C15H11BrF2O3. The van der Waals surface area contributed by atoms with Crippen molar-refractivity contribution in [2.45, 2.75) is 6.61 Å². The van der Waals surface area contributed by atoms with Gasteiger partial charge in [0.2, 0.25) is 5.82 Å². The van der Waals surface area contributed by atoms with Gasteiger partial charge in [0, 0.05) is 4.47 Å². The second kappa shape index (κ2) is 6.67. The van der Waals surface area contributed by atoms with E-state index >= 15 is 0 Å². The molecule has 0 aliphatic carbocycles. The molecule has 6 heteroatoms. The van der Waals surface area contributed by atoms with Crippen LogP contribution in [0, 0.1) is 11.6 Å². The lowest BCUT2D eigenvalue weighted by atomic mass is 10.1. The number of methoxy groups -OCH3 is 1. The summed E-state index contributed by atoms with van der Waals surface area (Å²) in [5.41, 5.74) is 1.11. The number of halogens is 3. The van der Waals surface area contributed by atoms with E-state index in [0.29, 0.717) is 15.6 Å². The maximum atomic E-state index is 13.5. The van der Waals surface area contributed by atoms with Crippen molar-refractivity contribution in [2.24, 2.45) is 0 Å². The van der Waals surface area contributed by atoms with E-state index < -0.39 is 17.6 Å². The number of carbonyl (C=O) groups excluding carboxylic acids is 1. The van der Waals surface area contributed by atoms with Crippen LogP contribution in [-0.2, 0) is 11.3 Å². The van der Waals surface area contributed by atoms with Gasteiger partial charge in [0.25, 0.3) is 0 Å². The van der Waals surface area contributed by atoms with E-state index in [9.17, 15) is 13.6 Å². The Morgan fingerprint density at radius 3 is 2.48 bits per heavy atom. The van der Waals surface area contributed by atoms with Crippen molar-refractivity contribution in [3.8, 4) is 5.75 Å². The molecule has 0 unspecified atom stereocenters. The molecule has 0 atom stereocenters. The molecule has 2 aromatic rings. The number of esters is 1. The lowest BCUT2D eigenvalue weighted by Crippen LogP contribution is -2.02. The summed E-state index contributed by atoms with van der Waals surface area (Å²) in [6.45, 7) is 0.0499. The van der Waals surface area contributed by atoms with Crippen molar-refractivity contribution in [3.63, 3.8) is 0 Å². The van der Waals surface area contributed by atoms with E-state index in [1.807, 2.05) is 0 Å². The summed E-state index contributed by atoms with van der Waals surface area (Å²) in [6.07, 6.45) is 0. The van der Waals surface area contributed by atoms with E-state index in [4.69, 9.17) is 4.74 Å². The SMILES string of the molecule is COC(=O)c1ccc(COc2cc(Br)cc(F)c2F)cc1. The second-order valence-corrected chi connectivity index (χ2v) is 5.09. The van der Waals surface area contributed by atoms with Crippen molar-refractivity contribution in [1.29, 1.82) is 0 Å². The number of rotatable bonds is 4. The average molecular weight is 357 g/mol. The molecule has 0 amide bonds. The van der Waals surface area contributed by atoms with Crippen LogP contribution in [0.4, 0.5) is 8.78 Å². The number of carbonyl (C=O) groups is 1. The van der Waals surface area contributed by atoms with Crippen molar-refractivity contribution >= 4 is 21.9 Å². The Bertz CT molecular complexity index is 657. The minimum absolute atomic E-state index is 0.0499. The molecule has 0 fully saturated rings. The van der Waals surface area contributed by atoms with Crippen LogP contribution in [0.2, 0.25) is 0 Å². The summed E-state index contributed by atoms with van der Waals surface area (Å²) >= 11 is 3.07. The summed E-state index contributed by atoms with van der Waals surface area (Å²) in [6, 6.07) is 8.82. The molecule has 0 spiro atoms. The van der Waals surface area contributed by atoms with Crippen LogP contribution in [0.3, 0.4) is 0 Å². The quantitative estimate of drug-likeness (QED) is 0.611. The van der Waals surface area contributed by atoms with Gasteiger partial charge in [-0.3, -0.25) is 0 Å². The molecule has 0 aliphatic rings. The highest BCUT2D eigenvalue weighted by Gasteiger charge is 2.11. The fourth-order valence-electron chi connectivity index (χ4n) is 1.65. The molecule has 2 rings (SSSR count). The third-order valence-corrected chi connectivity index (χ3v) is 3.19. The normalized spacial score (nSPS) is 10.3. The van der Waals surface area contributed by atoms with Crippen molar-refractivity contribution < 1.29 is 23.0 Å². The number of ether oxygens (including phenoxy) is 2. The highest BCUT2D eigenvalue weighted by Crippen LogP contribution is 2.26. The lowest BCUT2D eigenvalue weighted by Gasteiger charge is -2.09. The minimum atomic E-state index is -1.04. The van der Waals surface area contributed by atoms with Crippen molar-refractivity contribution in [2.75, 3.05) is 7.11 Å². The van der Waals surface area contributed by atoms with Gasteiger partial charge >= 0.3 is 5.97 Å². The van der Waals surface area contributed by atoms with Crippen LogP contribution >= 0.6 is 15.9 Å². The van der Waals surface area contributed by atoms with Crippen LogP contribution in [0.15, 0.2) is 40.9 Å². The number of hydrogen-bond acceptors (Lipinski definition) is 3. The molecule has 3 nitrogen and oxygen atoms in total. The lowest BCUT2D eigenvalue weighted by molar-refractivity contribution is 0.0600. The number of benzene rings is 2. The van der Waals surface area contributed by atoms with Gasteiger partial charge in [-0.1, -0.05) is 28.1 Å². The Labute approximate surface area is 128 Å². The topological polar surface area (TPSA) is 35.5 Å². The van der Waals surface area contributed by atoms with Crippen LogP contribution in [0.1, 0.15) is 15.9 Å². The number of hydrogen-bond donors (Lipinski definition) is 0. The van der Waals surface area contributed by atoms with Gasteiger partial charge in [0.1, 0.15) is 6.61 Å². The predicted molar refractivity (Wildman–Crippen MR) is 76.2 cm³/mol. The fourth-order valence-corrected chi connectivity index (χ4v) is 2.06. The molecule has 0 saturated carbocycles. The van der Waals surface area contributed by atoms with Crippen LogP contribution < -0.4 is 4.74 Å². The van der Waals surface area contributed by atoms with Crippen molar-refractivity contribution in [3.05, 3.63) is 63.6 Å². The first-order valence-electron chi connectivity index (χ1n) is 5.96. The van der Waals surface area contributed by atoms with E-state index in [0.717, 1.165) is 6.07 Å². The molecule has 0 N–H and O–H groups in total. The Balaban J connectivity index is 2.08. The van der Waals surface area contributed by atoms with Gasteiger partial charge in [-0.15, -0.1) is 0 Å². The Hall–Kier alpha value is -1.95. The molecule has 0 bridgehead atoms. The van der Waals surface area contributed by atoms with Crippen molar-refractivity contribution in [1.82, 2.24) is 0 Å². The third-order valence-electron chi connectivity index (χ3n) is 2.73. The maximum Gasteiger partial charge on any atom is 0.337 e. The summed E-state index contributed by atoms with van der Waals surface area (Å²) in [4.78, 5) is 11.3. The molecular weight excluding hydrogens is 346 g/mol. The van der Waals surface area contributed by atoms with Gasteiger partial charge in [-0.2, -0.15) is 4.39 Å². The van der Waals surface area contributed by atoms with Crippen LogP contribution in [0.25, 0.3) is 0 Å². The molecule has 0 aliphatic heterocycles. The summed E-state index contributed by atoms with van der Waals surface area (Å²) in [5.74, 6) is -2.65. The Morgan fingerprint density at radius 2 is 1.86 bits per heavy atom. The van der Waals surface area contributed by atoms with Gasteiger partial charge in [-0.05, 0) is 29.8 Å². The van der Waals surface area contributed by atoms with E-state index in [2.05, 4.69) is 20.7 Å². The van der Waals surface area contributed by atoms with E-state index in [1.165, 1.54) is 13.2 Å². The largest absolute Gasteiger partial charge is 0.486 e. The zero-order valence-electron chi connectivity index (χ0n) is 11.0.